The van der Waals surface area contributed by atoms with Gasteiger partial charge in [0.25, 0.3) is 5.91 Å². The molecule has 0 saturated carbocycles. The normalized spacial score (nSPS) is 11.4. The van der Waals surface area contributed by atoms with Crippen molar-refractivity contribution in [2.75, 3.05) is 5.32 Å². The first-order valence-corrected chi connectivity index (χ1v) is 10.3. The highest BCUT2D eigenvalue weighted by Gasteiger charge is 2.35. The standard InChI is InChI=1S/C22H13BrClF3N4O.H2/c23-15-9-10-20(28-12-15)29-21(32)14-7-5-13(6-8-14)18-11-19(22(25,26)27)30-31(18)17-4-2-1-3-16(17)24;/h1-12H,(H,28,29,32);1H. The number of halogens is 5. The molecular weight excluding hydrogens is 509 g/mol. The van der Waals surface area contributed by atoms with Crippen LogP contribution in [0.5, 0.6) is 0 Å². The number of para-hydroxylation sites is 1. The van der Waals surface area contributed by atoms with Crippen molar-refractivity contribution in [1.29, 1.82) is 0 Å². The van der Waals surface area contributed by atoms with E-state index in [2.05, 4.69) is 31.3 Å². The van der Waals surface area contributed by atoms with E-state index in [4.69, 9.17) is 11.6 Å². The van der Waals surface area contributed by atoms with E-state index in [1.165, 1.54) is 12.1 Å². The van der Waals surface area contributed by atoms with E-state index in [0.717, 1.165) is 15.2 Å². The number of carbonyl (C=O) groups excluding carboxylic acids is 1. The van der Waals surface area contributed by atoms with Gasteiger partial charge in [-0.1, -0.05) is 35.9 Å². The Bertz CT molecular complexity index is 1280. The van der Waals surface area contributed by atoms with Gasteiger partial charge >= 0.3 is 6.18 Å². The van der Waals surface area contributed by atoms with Gasteiger partial charge in [0.15, 0.2) is 5.69 Å². The number of aromatic nitrogens is 3. The Morgan fingerprint density at radius 1 is 1.06 bits per heavy atom. The van der Waals surface area contributed by atoms with Crippen LogP contribution in [0.3, 0.4) is 0 Å². The van der Waals surface area contributed by atoms with Crippen LogP contribution in [0.2, 0.25) is 5.02 Å². The van der Waals surface area contributed by atoms with Crippen molar-refractivity contribution < 1.29 is 19.4 Å². The zero-order valence-corrected chi connectivity index (χ0v) is 18.4. The van der Waals surface area contributed by atoms with Gasteiger partial charge in [-0.05, 0) is 58.4 Å². The molecule has 4 aromatic rings. The highest BCUT2D eigenvalue weighted by molar-refractivity contribution is 9.10. The molecule has 0 aliphatic rings. The first kappa shape index (κ1) is 22.0. The largest absolute Gasteiger partial charge is 0.435 e. The fourth-order valence-corrected chi connectivity index (χ4v) is 3.41. The summed E-state index contributed by atoms with van der Waals surface area (Å²) in [5, 5.41) is 6.64. The third-order valence-corrected chi connectivity index (χ3v) is 5.28. The number of hydrogen-bond acceptors (Lipinski definition) is 3. The molecular formula is C22H15BrClF3N4O. The van der Waals surface area contributed by atoms with Crippen molar-refractivity contribution in [3.8, 4) is 16.9 Å². The summed E-state index contributed by atoms with van der Waals surface area (Å²) >= 11 is 9.46. The predicted octanol–water partition coefficient (Wildman–Crippen LogP) is 6.87. The van der Waals surface area contributed by atoms with Crippen LogP contribution >= 0.6 is 27.5 Å². The molecule has 32 heavy (non-hydrogen) atoms. The van der Waals surface area contributed by atoms with E-state index >= 15 is 0 Å². The van der Waals surface area contributed by atoms with Crippen LogP contribution in [0.1, 0.15) is 17.5 Å². The van der Waals surface area contributed by atoms with E-state index in [-0.39, 0.29) is 12.1 Å². The second-order valence-electron chi connectivity index (χ2n) is 6.67. The molecule has 0 aliphatic heterocycles. The summed E-state index contributed by atoms with van der Waals surface area (Å²) in [6, 6.07) is 16.9. The molecule has 0 radical (unpaired) electrons. The smallest absolute Gasteiger partial charge is 0.307 e. The van der Waals surface area contributed by atoms with E-state index in [1.807, 2.05) is 0 Å². The lowest BCUT2D eigenvalue weighted by Crippen LogP contribution is -2.12. The average molecular weight is 524 g/mol. The molecule has 2 aromatic carbocycles. The number of anilines is 1. The van der Waals surface area contributed by atoms with Crippen molar-refractivity contribution in [2.45, 2.75) is 6.18 Å². The van der Waals surface area contributed by atoms with Gasteiger partial charge in [0, 0.05) is 23.2 Å². The number of nitrogens with one attached hydrogen (secondary N) is 1. The van der Waals surface area contributed by atoms with Gasteiger partial charge in [-0.2, -0.15) is 18.3 Å². The molecule has 5 nitrogen and oxygen atoms in total. The first-order chi connectivity index (χ1) is 15.2. The maximum atomic E-state index is 13.3. The minimum absolute atomic E-state index is 0. The number of hydrogen-bond donors (Lipinski definition) is 1. The van der Waals surface area contributed by atoms with Crippen LogP contribution in [-0.2, 0) is 6.18 Å². The molecule has 0 aliphatic carbocycles. The van der Waals surface area contributed by atoms with E-state index in [1.54, 1.807) is 54.7 Å². The van der Waals surface area contributed by atoms with Gasteiger partial charge in [0.2, 0.25) is 0 Å². The lowest BCUT2D eigenvalue weighted by molar-refractivity contribution is -0.141. The SMILES string of the molecule is O=C(Nc1ccc(Br)cn1)c1ccc(-c2cc(C(F)(F)F)nn2-c2ccccc2Cl)cc1.[HH]. The fourth-order valence-electron chi connectivity index (χ4n) is 2.96. The van der Waals surface area contributed by atoms with Crippen molar-refractivity contribution in [3.05, 3.63) is 93.7 Å². The minimum Gasteiger partial charge on any atom is -0.307 e. The molecule has 0 spiro atoms. The Morgan fingerprint density at radius 2 is 1.78 bits per heavy atom. The van der Waals surface area contributed by atoms with E-state index in [0.29, 0.717) is 22.6 Å². The first-order valence-electron chi connectivity index (χ1n) is 9.18. The molecule has 0 bridgehead atoms. The van der Waals surface area contributed by atoms with Gasteiger partial charge in [-0.25, -0.2) is 9.67 Å². The summed E-state index contributed by atoms with van der Waals surface area (Å²) in [5.41, 5.74) is 0.204. The number of rotatable bonds is 4. The average Bonchev–Trinajstić information content (AvgIpc) is 3.21. The van der Waals surface area contributed by atoms with Crippen molar-refractivity contribution >= 4 is 39.3 Å². The number of carbonyl (C=O) groups is 1. The topological polar surface area (TPSA) is 59.8 Å². The van der Waals surface area contributed by atoms with Crippen molar-refractivity contribution in [2.24, 2.45) is 0 Å². The van der Waals surface area contributed by atoms with Crippen LogP contribution in [0.25, 0.3) is 16.9 Å². The zero-order chi connectivity index (χ0) is 22.9. The lowest BCUT2D eigenvalue weighted by Gasteiger charge is -2.10. The highest BCUT2D eigenvalue weighted by atomic mass is 79.9. The molecule has 2 heterocycles. The fraction of sp³-hybridized carbons (Fsp3) is 0.0455. The Hall–Kier alpha value is -3.17. The second-order valence-corrected chi connectivity index (χ2v) is 7.99. The molecule has 164 valence electrons. The van der Waals surface area contributed by atoms with Gasteiger partial charge in [0.1, 0.15) is 5.82 Å². The van der Waals surface area contributed by atoms with Crippen LogP contribution in [0, 0.1) is 0 Å². The van der Waals surface area contributed by atoms with Crippen molar-refractivity contribution in [1.82, 2.24) is 14.8 Å². The molecule has 1 N–H and O–H groups in total. The highest BCUT2D eigenvalue weighted by Crippen LogP contribution is 2.34. The summed E-state index contributed by atoms with van der Waals surface area (Å²) in [5.74, 6) is -0.0316. The van der Waals surface area contributed by atoms with Gasteiger partial charge in [-0.3, -0.25) is 4.79 Å². The number of alkyl halides is 3. The molecule has 1 amide bonds. The zero-order valence-electron chi connectivity index (χ0n) is 16.1. The summed E-state index contributed by atoms with van der Waals surface area (Å²) in [7, 11) is 0. The molecule has 10 heteroatoms. The number of nitrogens with zero attached hydrogens (tertiary/aromatic N) is 3. The minimum atomic E-state index is -4.63. The third kappa shape index (κ3) is 4.68. The van der Waals surface area contributed by atoms with Gasteiger partial charge in [0.05, 0.1) is 16.4 Å². The molecule has 0 saturated heterocycles. The number of benzene rings is 2. The molecule has 0 fully saturated rings. The summed E-state index contributed by atoms with van der Waals surface area (Å²) < 4.78 is 41.9. The molecule has 0 atom stereocenters. The van der Waals surface area contributed by atoms with Crippen LogP contribution < -0.4 is 5.32 Å². The molecule has 0 unspecified atom stereocenters. The quantitative estimate of drug-likeness (QED) is 0.318. The van der Waals surface area contributed by atoms with E-state index < -0.39 is 17.8 Å². The Morgan fingerprint density at radius 3 is 2.41 bits per heavy atom. The summed E-state index contributed by atoms with van der Waals surface area (Å²) in [4.78, 5) is 16.5. The van der Waals surface area contributed by atoms with E-state index in [9.17, 15) is 18.0 Å². The van der Waals surface area contributed by atoms with Crippen LogP contribution in [0.4, 0.5) is 19.0 Å². The van der Waals surface area contributed by atoms with Gasteiger partial charge in [-0.15, -0.1) is 0 Å². The maximum Gasteiger partial charge on any atom is 0.435 e. The second kappa shape index (κ2) is 8.76. The number of pyridine rings is 1. The Kier molecular flexibility index (Phi) is 6.03. The summed E-state index contributed by atoms with van der Waals surface area (Å²) in [6.07, 6.45) is -3.08. The van der Waals surface area contributed by atoms with Crippen LogP contribution in [-0.4, -0.2) is 20.7 Å². The predicted molar refractivity (Wildman–Crippen MR) is 121 cm³/mol. The maximum absolute atomic E-state index is 13.3. The number of amides is 1. The van der Waals surface area contributed by atoms with Crippen LogP contribution in [0.15, 0.2) is 77.4 Å². The van der Waals surface area contributed by atoms with Crippen molar-refractivity contribution in [3.63, 3.8) is 0 Å². The lowest BCUT2D eigenvalue weighted by atomic mass is 10.1. The van der Waals surface area contributed by atoms with Gasteiger partial charge < -0.3 is 5.32 Å². The molecule has 4 rings (SSSR count). The molecule has 2 aromatic heterocycles. The summed E-state index contributed by atoms with van der Waals surface area (Å²) in [6.45, 7) is 0. The monoisotopic (exact) mass is 522 g/mol. The Balaban J connectivity index is 0.00000306. The third-order valence-electron chi connectivity index (χ3n) is 4.49. The Labute approximate surface area is 195 Å².